The van der Waals surface area contributed by atoms with Crippen molar-refractivity contribution in [2.45, 2.75) is 84.0 Å². The molecule has 0 atom stereocenters. The molecule has 0 aliphatic heterocycles. The first-order valence-corrected chi connectivity index (χ1v) is 24.9. The Kier molecular flexibility index (Phi) is 8.12. The van der Waals surface area contributed by atoms with Crippen molar-refractivity contribution in [3.05, 3.63) is 203 Å². The molecular formula is C66H54N2O2. The first-order chi connectivity index (χ1) is 33.7. The number of hydrogen-bond acceptors (Lipinski definition) is 4. The molecule has 0 unspecified atom stereocenters. The van der Waals surface area contributed by atoms with E-state index in [2.05, 4.69) is 224 Å². The van der Waals surface area contributed by atoms with E-state index in [1.165, 1.54) is 94.2 Å². The highest BCUT2D eigenvalue weighted by molar-refractivity contribution is 6.21. The van der Waals surface area contributed by atoms with E-state index in [1.54, 1.807) is 0 Å². The maximum absolute atomic E-state index is 7.07. The molecule has 0 saturated carbocycles. The molecule has 4 nitrogen and oxygen atoms in total. The normalized spacial score (nSPS) is 15.6. The van der Waals surface area contributed by atoms with E-state index in [4.69, 9.17) is 8.83 Å². The summed E-state index contributed by atoms with van der Waals surface area (Å²) in [5.74, 6) is 0. The van der Waals surface area contributed by atoms with Crippen molar-refractivity contribution in [1.29, 1.82) is 0 Å². The molecule has 8 aromatic carbocycles. The molecule has 3 aliphatic carbocycles. The van der Waals surface area contributed by atoms with Gasteiger partial charge in [-0.25, -0.2) is 0 Å². The average molecular weight is 907 g/mol. The fraction of sp³-hybridized carbons (Fsp3) is 0.197. The van der Waals surface area contributed by atoms with Crippen LogP contribution < -0.4 is 4.90 Å². The van der Waals surface area contributed by atoms with E-state index in [1.807, 2.05) is 12.4 Å². The molecule has 0 fully saturated rings. The van der Waals surface area contributed by atoms with Gasteiger partial charge in [0.15, 0.2) is 0 Å². The molecule has 0 amide bonds. The van der Waals surface area contributed by atoms with E-state index in [9.17, 15) is 0 Å². The smallest absolute Gasteiger partial charge is 0.144 e. The fourth-order valence-corrected chi connectivity index (χ4v) is 13.4. The Bertz CT molecular complexity index is 4080. The molecule has 11 aromatic rings. The molecule has 3 aliphatic rings. The van der Waals surface area contributed by atoms with Crippen LogP contribution in [0.5, 0.6) is 0 Å². The van der Waals surface area contributed by atoms with Gasteiger partial charge in [0.1, 0.15) is 22.3 Å². The van der Waals surface area contributed by atoms with Gasteiger partial charge in [-0.05, 0) is 138 Å². The Balaban J connectivity index is 1.01. The predicted molar refractivity (Wildman–Crippen MR) is 290 cm³/mol. The minimum Gasteiger partial charge on any atom is -0.455 e. The maximum atomic E-state index is 7.07. The Labute approximate surface area is 409 Å². The monoisotopic (exact) mass is 906 g/mol. The van der Waals surface area contributed by atoms with Gasteiger partial charge in [-0.3, -0.25) is 4.98 Å². The molecule has 3 heterocycles. The lowest BCUT2D eigenvalue weighted by Crippen LogP contribution is -2.24. The Hall–Kier alpha value is -7.69. The van der Waals surface area contributed by atoms with Gasteiger partial charge in [-0.2, -0.15) is 0 Å². The van der Waals surface area contributed by atoms with Crippen molar-refractivity contribution in [2.24, 2.45) is 0 Å². The van der Waals surface area contributed by atoms with Crippen LogP contribution in [-0.4, -0.2) is 4.98 Å². The van der Waals surface area contributed by atoms with Crippen LogP contribution in [0.15, 0.2) is 173 Å². The largest absolute Gasteiger partial charge is 0.455 e. The van der Waals surface area contributed by atoms with Gasteiger partial charge < -0.3 is 13.7 Å². The molecule has 0 saturated heterocycles. The van der Waals surface area contributed by atoms with Crippen LogP contribution in [0.4, 0.5) is 17.1 Å². The summed E-state index contributed by atoms with van der Waals surface area (Å²) in [6.45, 7) is 21.5. The van der Waals surface area contributed by atoms with Crippen LogP contribution in [0.1, 0.15) is 101 Å². The van der Waals surface area contributed by atoms with Crippen molar-refractivity contribution in [3.8, 4) is 44.5 Å². The number of para-hydroxylation sites is 3. The second kappa shape index (κ2) is 13.8. The lowest BCUT2D eigenvalue weighted by Gasteiger charge is -2.34. The van der Waals surface area contributed by atoms with Crippen molar-refractivity contribution in [2.75, 3.05) is 4.90 Å². The van der Waals surface area contributed by atoms with Crippen molar-refractivity contribution >= 4 is 60.9 Å². The first-order valence-electron chi connectivity index (χ1n) is 24.9. The first kappa shape index (κ1) is 41.3. The molecule has 0 spiro atoms. The number of benzene rings is 8. The van der Waals surface area contributed by atoms with Crippen LogP contribution >= 0.6 is 0 Å². The highest BCUT2D eigenvalue weighted by atomic mass is 16.3. The summed E-state index contributed by atoms with van der Waals surface area (Å²) in [6, 6.07) is 56.2. The zero-order valence-corrected chi connectivity index (χ0v) is 41.3. The summed E-state index contributed by atoms with van der Waals surface area (Å²) in [5.41, 5.74) is 25.4. The number of anilines is 3. The molecule has 340 valence electrons. The number of rotatable bonds is 4. The molecule has 0 N–H and O–H groups in total. The number of hydrogen-bond donors (Lipinski definition) is 0. The lowest BCUT2D eigenvalue weighted by molar-refractivity contribution is 0.591. The molecule has 70 heavy (non-hydrogen) atoms. The summed E-state index contributed by atoms with van der Waals surface area (Å²) in [4.78, 5) is 6.90. The van der Waals surface area contributed by atoms with E-state index in [0.29, 0.717) is 0 Å². The summed E-state index contributed by atoms with van der Waals surface area (Å²) in [6.07, 6.45) is 3.75. The average Bonchev–Trinajstić information content (AvgIpc) is 4.11. The zero-order valence-electron chi connectivity index (χ0n) is 41.3. The number of aromatic nitrogens is 1. The number of fused-ring (bicyclic) bond motifs is 19. The third-order valence-electron chi connectivity index (χ3n) is 16.6. The second-order valence-corrected chi connectivity index (χ2v) is 22.7. The van der Waals surface area contributed by atoms with Gasteiger partial charge in [-0.1, -0.05) is 153 Å². The Morgan fingerprint density at radius 2 is 0.971 bits per heavy atom. The number of nitrogens with zero attached hydrogens (tertiary/aromatic N) is 2. The van der Waals surface area contributed by atoms with E-state index >= 15 is 0 Å². The molecular weight excluding hydrogens is 853 g/mol. The van der Waals surface area contributed by atoms with Gasteiger partial charge in [0.2, 0.25) is 0 Å². The zero-order chi connectivity index (χ0) is 47.8. The summed E-state index contributed by atoms with van der Waals surface area (Å²) < 4.78 is 13.9. The minimum atomic E-state index is -0.348. The minimum absolute atomic E-state index is 0.126. The van der Waals surface area contributed by atoms with Crippen molar-refractivity contribution in [3.63, 3.8) is 0 Å². The second-order valence-electron chi connectivity index (χ2n) is 22.7. The van der Waals surface area contributed by atoms with Gasteiger partial charge >= 0.3 is 0 Å². The van der Waals surface area contributed by atoms with E-state index in [0.717, 1.165) is 50.2 Å². The van der Waals surface area contributed by atoms with Crippen molar-refractivity contribution in [1.82, 2.24) is 4.98 Å². The van der Waals surface area contributed by atoms with E-state index < -0.39 is 0 Å². The third kappa shape index (κ3) is 5.29. The molecule has 0 bridgehead atoms. The number of pyridine rings is 1. The van der Waals surface area contributed by atoms with Gasteiger partial charge in [0, 0.05) is 78.4 Å². The van der Waals surface area contributed by atoms with Crippen molar-refractivity contribution < 1.29 is 8.83 Å². The van der Waals surface area contributed by atoms with Gasteiger partial charge in [0.25, 0.3) is 0 Å². The van der Waals surface area contributed by atoms with Crippen LogP contribution in [0.3, 0.4) is 0 Å². The Morgan fingerprint density at radius 3 is 1.66 bits per heavy atom. The molecule has 0 radical (unpaired) electrons. The Morgan fingerprint density at radius 1 is 0.443 bits per heavy atom. The van der Waals surface area contributed by atoms with Crippen LogP contribution in [-0.2, 0) is 21.7 Å². The summed E-state index contributed by atoms with van der Waals surface area (Å²) in [5, 5.41) is 4.71. The molecule has 3 aromatic heterocycles. The quantitative estimate of drug-likeness (QED) is 0.176. The molecule has 4 heteroatoms. The standard InChI is InChI=1S/C66H54N2O2/c1-63(2,3)47-22-14-15-23-51(47)68(38-26-28-41-48(34-38)64(4,5)50-36-45(37-30-32-67-33-31-37)61-56(54(41)50)43-19-11-16-24-52(43)69-61)39-27-29-42-49(35-39)66(8,9)60-58(42)62-57(44-20-12-17-25-53(44)70-62)55-40-18-10-13-21-46(40)65(6,7)59(55)60/h10-36H,1-9H3. The lowest BCUT2D eigenvalue weighted by atomic mass is 9.72. The highest BCUT2D eigenvalue weighted by Gasteiger charge is 2.49. The topological polar surface area (TPSA) is 42.4 Å². The summed E-state index contributed by atoms with van der Waals surface area (Å²) in [7, 11) is 0. The predicted octanol–water partition coefficient (Wildman–Crippen LogP) is 18.2. The van der Waals surface area contributed by atoms with Crippen LogP contribution in [0, 0.1) is 0 Å². The SMILES string of the molecule is CC(C)(C)c1ccccc1N(c1ccc2c(c1)C(C)(C)c1cc(-c3ccncc3)c3oc4ccccc4c3c1-2)c1ccc2c(c1)C(C)(C)c1c3c(c4c(oc5ccccc54)c1-2)-c1ccccc1C3(C)C. The fourth-order valence-electron chi connectivity index (χ4n) is 13.4. The maximum Gasteiger partial charge on any atom is 0.144 e. The van der Waals surface area contributed by atoms with E-state index in [-0.39, 0.29) is 21.7 Å². The van der Waals surface area contributed by atoms with Crippen LogP contribution in [0.25, 0.3) is 88.4 Å². The van der Waals surface area contributed by atoms with Gasteiger partial charge in [0.05, 0.1) is 0 Å². The van der Waals surface area contributed by atoms with Gasteiger partial charge in [-0.15, -0.1) is 0 Å². The highest BCUT2D eigenvalue weighted by Crippen LogP contribution is 2.64. The van der Waals surface area contributed by atoms with Crippen LogP contribution in [0.2, 0.25) is 0 Å². The number of furan rings is 2. The molecule has 14 rings (SSSR count). The summed E-state index contributed by atoms with van der Waals surface area (Å²) >= 11 is 0. The third-order valence-corrected chi connectivity index (χ3v) is 16.6.